The molecule has 0 aliphatic carbocycles. The summed E-state index contributed by atoms with van der Waals surface area (Å²) in [4.78, 5) is 11.8. The predicted octanol–water partition coefficient (Wildman–Crippen LogP) is 4.22. The Bertz CT molecular complexity index is 841. The van der Waals surface area contributed by atoms with E-state index >= 15 is 0 Å². The summed E-state index contributed by atoms with van der Waals surface area (Å²) in [6.07, 6.45) is 1.25. The van der Waals surface area contributed by atoms with Crippen LogP contribution in [0.4, 0.5) is 0 Å². The summed E-state index contributed by atoms with van der Waals surface area (Å²) in [6.45, 7) is 1.74. The lowest BCUT2D eigenvalue weighted by molar-refractivity contribution is -0.123. The van der Waals surface area contributed by atoms with Crippen LogP contribution in [0.5, 0.6) is 17.2 Å². The number of hydrogen-bond acceptors (Lipinski definition) is 5. The van der Waals surface area contributed by atoms with E-state index in [0.717, 1.165) is 10.0 Å². The van der Waals surface area contributed by atoms with Crippen molar-refractivity contribution in [3.63, 3.8) is 0 Å². The van der Waals surface area contributed by atoms with E-state index in [4.69, 9.17) is 4.74 Å². The quantitative estimate of drug-likeness (QED) is 0.394. The molecule has 0 atom stereocenters. The van der Waals surface area contributed by atoms with Crippen LogP contribution in [0, 0.1) is 6.92 Å². The minimum absolute atomic E-state index is 0.127. The second-order valence-electron chi connectivity index (χ2n) is 4.97. The van der Waals surface area contributed by atoms with Crippen molar-refractivity contribution < 1.29 is 19.7 Å². The van der Waals surface area contributed by atoms with Gasteiger partial charge < -0.3 is 14.9 Å². The summed E-state index contributed by atoms with van der Waals surface area (Å²) in [5.41, 5.74) is 3.67. The summed E-state index contributed by atoms with van der Waals surface area (Å²) in [5, 5.41) is 23.3. The van der Waals surface area contributed by atoms with E-state index in [2.05, 4.69) is 58.3 Å². The van der Waals surface area contributed by atoms with Crippen LogP contribution >= 0.6 is 47.8 Å². The van der Waals surface area contributed by atoms with E-state index in [9.17, 15) is 15.0 Å². The van der Waals surface area contributed by atoms with Gasteiger partial charge in [-0.25, -0.2) is 5.43 Å². The Labute approximate surface area is 169 Å². The molecule has 6 nitrogen and oxygen atoms in total. The number of carbonyl (C=O) groups excluding carboxylic acids is 1. The van der Waals surface area contributed by atoms with Gasteiger partial charge in [0.05, 0.1) is 15.2 Å². The lowest BCUT2D eigenvalue weighted by atomic mass is 10.2. The van der Waals surface area contributed by atoms with E-state index in [-0.39, 0.29) is 22.6 Å². The minimum Gasteiger partial charge on any atom is -0.506 e. The molecule has 0 heterocycles. The molecule has 9 heteroatoms. The Morgan fingerprint density at radius 2 is 1.92 bits per heavy atom. The van der Waals surface area contributed by atoms with Gasteiger partial charge in [0.15, 0.2) is 6.61 Å². The molecule has 1 amide bonds. The first-order valence-corrected chi connectivity index (χ1v) is 9.28. The maximum atomic E-state index is 11.8. The summed E-state index contributed by atoms with van der Waals surface area (Å²) < 4.78 is 6.66. The molecule has 3 N–H and O–H groups in total. The fraction of sp³-hybridized carbons (Fsp3) is 0.125. The highest BCUT2D eigenvalue weighted by molar-refractivity contribution is 9.11. The fourth-order valence-electron chi connectivity index (χ4n) is 1.79. The van der Waals surface area contributed by atoms with E-state index in [0.29, 0.717) is 15.8 Å². The molecule has 2 aromatic rings. The molecule has 0 aromatic heterocycles. The largest absolute Gasteiger partial charge is 0.506 e. The van der Waals surface area contributed by atoms with E-state index < -0.39 is 5.91 Å². The SMILES string of the molecule is Cc1ccc(OCC(=O)NN=Cc2cc(Br)c(O)c(Br)c2O)c(Br)c1. The third kappa shape index (κ3) is 5.20. The summed E-state index contributed by atoms with van der Waals surface area (Å²) in [6, 6.07) is 6.98. The molecule has 132 valence electrons. The zero-order valence-corrected chi connectivity index (χ0v) is 17.6. The lowest BCUT2D eigenvalue weighted by Crippen LogP contribution is -2.24. The number of phenols is 2. The monoisotopic (exact) mass is 534 g/mol. The van der Waals surface area contributed by atoms with Gasteiger partial charge in [0.25, 0.3) is 5.91 Å². The molecule has 0 spiro atoms. The number of amides is 1. The van der Waals surface area contributed by atoms with E-state index in [1.54, 1.807) is 6.07 Å². The number of phenolic OH excluding ortho intramolecular Hbond substituents is 2. The van der Waals surface area contributed by atoms with Crippen LogP contribution in [-0.4, -0.2) is 28.9 Å². The van der Waals surface area contributed by atoms with Crippen molar-refractivity contribution in [3.8, 4) is 17.2 Å². The smallest absolute Gasteiger partial charge is 0.277 e. The van der Waals surface area contributed by atoms with Crippen molar-refractivity contribution >= 4 is 59.9 Å². The van der Waals surface area contributed by atoms with Crippen molar-refractivity contribution in [3.05, 3.63) is 48.8 Å². The molecule has 25 heavy (non-hydrogen) atoms. The van der Waals surface area contributed by atoms with E-state index in [1.165, 1.54) is 12.3 Å². The Hall–Kier alpha value is -1.58. The van der Waals surface area contributed by atoms with Crippen LogP contribution < -0.4 is 10.2 Å². The molecule has 0 radical (unpaired) electrons. The third-order valence-electron chi connectivity index (χ3n) is 3.04. The van der Waals surface area contributed by atoms with Crippen molar-refractivity contribution in [2.45, 2.75) is 6.92 Å². The molecule has 0 saturated heterocycles. The Kier molecular flexibility index (Phi) is 6.86. The molecule has 0 aliphatic heterocycles. The topological polar surface area (TPSA) is 91.2 Å². The lowest BCUT2D eigenvalue weighted by Gasteiger charge is -2.08. The maximum absolute atomic E-state index is 11.8. The number of halogens is 3. The molecule has 0 unspecified atom stereocenters. The second-order valence-corrected chi connectivity index (χ2v) is 7.48. The van der Waals surface area contributed by atoms with Gasteiger partial charge in [-0.3, -0.25) is 4.79 Å². The third-order valence-corrected chi connectivity index (χ3v) is 5.01. The van der Waals surface area contributed by atoms with Gasteiger partial charge in [-0.2, -0.15) is 5.10 Å². The molecule has 2 aromatic carbocycles. The molecule has 0 aliphatic rings. The number of carbonyl (C=O) groups is 1. The fourth-order valence-corrected chi connectivity index (χ4v) is 3.55. The standard InChI is InChI=1S/C16H13Br3N2O4/c1-8-2-3-12(10(17)4-8)25-7-13(22)21-20-6-9-5-11(18)16(24)14(19)15(9)23/h2-6,23-24H,7H2,1H3,(H,21,22). The van der Waals surface area contributed by atoms with Gasteiger partial charge in [-0.05, 0) is 78.5 Å². The van der Waals surface area contributed by atoms with Crippen LogP contribution in [0.3, 0.4) is 0 Å². The number of aryl methyl sites for hydroxylation is 1. The van der Waals surface area contributed by atoms with Crippen molar-refractivity contribution in [1.29, 1.82) is 0 Å². The van der Waals surface area contributed by atoms with Crippen molar-refractivity contribution in [2.75, 3.05) is 6.61 Å². The van der Waals surface area contributed by atoms with Gasteiger partial charge in [0.2, 0.25) is 0 Å². The highest BCUT2D eigenvalue weighted by atomic mass is 79.9. The number of hydrazone groups is 1. The number of aromatic hydroxyl groups is 2. The van der Waals surface area contributed by atoms with Gasteiger partial charge in [0, 0.05) is 5.56 Å². The van der Waals surface area contributed by atoms with E-state index in [1.807, 2.05) is 19.1 Å². The molecule has 2 rings (SSSR count). The van der Waals surface area contributed by atoms with Crippen LogP contribution in [0.2, 0.25) is 0 Å². The first-order valence-electron chi connectivity index (χ1n) is 6.90. The van der Waals surface area contributed by atoms with Gasteiger partial charge in [-0.15, -0.1) is 0 Å². The molecule has 0 saturated carbocycles. The predicted molar refractivity (Wildman–Crippen MR) is 105 cm³/mol. The number of ether oxygens (including phenoxy) is 1. The molecule has 0 fully saturated rings. The number of hydrogen-bond donors (Lipinski definition) is 3. The maximum Gasteiger partial charge on any atom is 0.277 e. The number of nitrogens with one attached hydrogen (secondary N) is 1. The van der Waals surface area contributed by atoms with Crippen LogP contribution in [0.15, 0.2) is 42.8 Å². The van der Waals surface area contributed by atoms with Gasteiger partial charge in [0.1, 0.15) is 21.7 Å². The second kappa shape index (κ2) is 8.68. The molecular formula is C16H13Br3N2O4. The normalized spacial score (nSPS) is 10.9. The Balaban J connectivity index is 1.95. The number of nitrogens with zero attached hydrogens (tertiary/aromatic N) is 1. The molecular weight excluding hydrogens is 524 g/mol. The van der Waals surface area contributed by atoms with Crippen molar-refractivity contribution in [1.82, 2.24) is 5.43 Å². The number of rotatable bonds is 5. The van der Waals surface area contributed by atoms with Crippen LogP contribution in [0.25, 0.3) is 0 Å². The Morgan fingerprint density at radius 1 is 1.20 bits per heavy atom. The zero-order valence-electron chi connectivity index (χ0n) is 12.9. The highest BCUT2D eigenvalue weighted by Crippen LogP contribution is 2.40. The summed E-state index contributed by atoms with van der Waals surface area (Å²) in [7, 11) is 0. The first-order chi connectivity index (χ1) is 11.8. The van der Waals surface area contributed by atoms with Gasteiger partial charge in [-0.1, -0.05) is 6.07 Å². The minimum atomic E-state index is -0.458. The van der Waals surface area contributed by atoms with Gasteiger partial charge >= 0.3 is 0 Å². The molecule has 0 bridgehead atoms. The number of benzene rings is 2. The van der Waals surface area contributed by atoms with Crippen molar-refractivity contribution in [2.24, 2.45) is 5.10 Å². The Morgan fingerprint density at radius 3 is 2.60 bits per heavy atom. The average Bonchev–Trinajstić information content (AvgIpc) is 2.56. The van der Waals surface area contributed by atoms with Crippen LogP contribution in [-0.2, 0) is 4.79 Å². The van der Waals surface area contributed by atoms with Crippen LogP contribution in [0.1, 0.15) is 11.1 Å². The highest BCUT2D eigenvalue weighted by Gasteiger charge is 2.13. The zero-order chi connectivity index (χ0) is 18.6. The first kappa shape index (κ1) is 19.7. The summed E-state index contributed by atoms with van der Waals surface area (Å²) in [5.74, 6) is -0.233. The summed E-state index contributed by atoms with van der Waals surface area (Å²) >= 11 is 9.57. The average molecular weight is 537 g/mol.